The first kappa shape index (κ1) is 13.2. The predicted molar refractivity (Wildman–Crippen MR) is 57.3 cm³/mol. The molecule has 2 nitrogen and oxygen atoms in total. The fourth-order valence-corrected chi connectivity index (χ4v) is 1.57. The molecule has 1 aromatic carbocycles. The molecule has 0 amide bonds. The van der Waals surface area contributed by atoms with Gasteiger partial charge in [0.2, 0.25) is 0 Å². The molecule has 0 saturated carbocycles. The minimum absolute atomic E-state index is 0.00523. The Hall–Kier alpha value is -0.910. The Morgan fingerprint density at radius 1 is 1.19 bits per heavy atom. The molecule has 0 bridgehead atoms. The van der Waals surface area contributed by atoms with E-state index < -0.39 is 11.0 Å². The Bertz CT molecular complexity index is 366. The molecule has 1 rings (SSSR count). The summed E-state index contributed by atoms with van der Waals surface area (Å²) in [5.41, 5.74) is -0.00523. The van der Waals surface area contributed by atoms with Crippen molar-refractivity contribution in [2.24, 2.45) is 0 Å². The van der Waals surface area contributed by atoms with Crippen molar-refractivity contribution >= 4 is 15.9 Å². The first-order valence-electron chi connectivity index (χ1n) is 4.33. The lowest BCUT2D eigenvalue weighted by Crippen LogP contribution is -2.16. The highest BCUT2D eigenvalue weighted by molar-refractivity contribution is 9.09. The molecule has 6 heteroatoms. The van der Waals surface area contributed by atoms with E-state index in [1.165, 1.54) is 26.4 Å². The molecule has 0 radical (unpaired) electrons. The molecule has 0 aliphatic heterocycles. The third kappa shape index (κ3) is 2.81. The zero-order chi connectivity index (χ0) is 12.3. The van der Waals surface area contributed by atoms with Gasteiger partial charge in [-0.1, -0.05) is 15.9 Å². The average Bonchev–Trinajstić information content (AvgIpc) is 2.25. The van der Waals surface area contributed by atoms with Crippen LogP contribution in [0.5, 0.6) is 11.5 Å². The maximum atomic E-state index is 12.5. The van der Waals surface area contributed by atoms with E-state index in [-0.39, 0.29) is 11.3 Å². The summed E-state index contributed by atoms with van der Waals surface area (Å²) >= 11 is 2.60. The molecule has 0 N–H and O–H groups in total. The normalized spacial score (nSPS) is 13.4. The van der Waals surface area contributed by atoms with Crippen LogP contribution in [0.2, 0.25) is 0 Å². The summed E-state index contributed by atoms with van der Waals surface area (Å²) in [5.74, 6) is 0.518. The zero-order valence-corrected chi connectivity index (χ0v) is 10.2. The third-order valence-electron chi connectivity index (χ3n) is 2.00. The van der Waals surface area contributed by atoms with Crippen LogP contribution in [0.1, 0.15) is 10.4 Å². The maximum Gasteiger partial charge on any atom is 0.405 e. The molecule has 90 valence electrons. The molecule has 1 atom stereocenters. The standard InChI is InChI=1S/C10H10BrF3O2/c1-15-6-3-4-8(16-2)7(5-6)9(11)10(12,13)14/h3-5,9H,1-2H3. The molecule has 0 fully saturated rings. The van der Waals surface area contributed by atoms with Crippen LogP contribution in [0.15, 0.2) is 18.2 Å². The van der Waals surface area contributed by atoms with E-state index in [0.29, 0.717) is 5.75 Å². The van der Waals surface area contributed by atoms with Crippen molar-refractivity contribution in [3.8, 4) is 11.5 Å². The van der Waals surface area contributed by atoms with Crippen LogP contribution in [0.25, 0.3) is 0 Å². The molecule has 0 aliphatic carbocycles. The van der Waals surface area contributed by atoms with Gasteiger partial charge in [0, 0.05) is 5.56 Å². The Morgan fingerprint density at radius 3 is 2.25 bits per heavy atom. The summed E-state index contributed by atoms with van der Waals surface area (Å²) in [4.78, 5) is -1.77. The van der Waals surface area contributed by atoms with Gasteiger partial charge in [-0.3, -0.25) is 0 Å². The van der Waals surface area contributed by atoms with Crippen LogP contribution >= 0.6 is 15.9 Å². The van der Waals surface area contributed by atoms with Gasteiger partial charge in [-0.2, -0.15) is 13.2 Å². The summed E-state index contributed by atoms with van der Waals surface area (Å²) in [6, 6.07) is 4.28. The van der Waals surface area contributed by atoms with E-state index in [2.05, 4.69) is 15.9 Å². The monoisotopic (exact) mass is 298 g/mol. The lowest BCUT2D eigenvalue weighted by molar-refractivity contribution is -0.128. The minimum atomic E-state index is -4.38. The first-order valence-corrected chi connectivity index (χ1v) is 5.24. The second-order valence-electron chi connectivity index (χ2n) is 3.01. The number of benzene rings is 1. The van der Waals surface area contributed by atoms with Gasteiger partial charge >= 0.3 is 6.18 Å². The Morgan fingerprint density at radius 2 is 1.81 bits per heavy atom. The Kier molecular flexibility index (Phi) is 4.07. The minimum Gasteiger partial charge on any atom is -0.497 e. The number of halogens is 4. The van der Waals surface area contributed by atoms with Gasteiger partial charge in [0.1, 0.15) is 16.3 Å². The van der Waals surface area contributed by atoms with E-state index in [1.54, 1.807) is 6.07 Å². The molecule has 0 aromatic heterocycles. The largest absolute Gasteiger partial charge is 0.497 e. The second kappa shape index (κ2) is 4.95. The molecule has 0 heterocycles. The van der Waals surface area contributed by atoms with Gasteiger partial charge in [-0.15, -0.1) is 0 Å². The number of alkyl halides is 4. The Balaban J connectivity index is 3.18. The van der Waals surface area contributed by atoms with Crippen LogP contribution in [0.4, 0.5) is 13.2 Å². The van der Waals surface area contributed by atoms with Crippen LogP contribution in [0, 0.1) is 0 Å². The number of ether oxygens (including phenoxy) is 2. The Labute approximate surface area is 99.5 Å². The number of hydrogen-bond donors (Lipinski definition) is 0. The molecule has 1 aromatic rings. The molecule has 1 unspecified atom stereocenters. The highest BCUT2D eigenvalue weighted by atomic mass is 79.9. The smallest absolute Gasteiger partial charge is 0.405 e. The zero-order valence-electron chi connectivity index (χ0n) is 8.64. The molecular formula is C10H10BrF3O2. The van der Waals surface area contributed by atoms with Crippen LogP contribution < -0.4 is 9.47 Å². The highest BCUT2D eigenvalue weighted by Gasteiger charge is 2.40. The van der Waals surface area contributed by atoms with Gasteiger partial charge in [0.15, 0.2) is 0 Å². The van der Waals surface area contributed by atoms with E-state index in [9.17, 15) is 13.2 Å². The lowest BCUT2D eigenvalue weighted by Gasteiger charge is -2.17. The predicted octanol–water partition coefficient (Wildman–Crippen LogP) is 3.70. The fourth-order valence-electron chi connectivity index (χ4n) is 1.21. The van der Waals surface area contributed by atoms with E-state index >= 15 is 0 Å². The van der Waals surface area contributed by atoms with Crippen molar-refractivity contribution in [1.82, 2.24) is 0 Å². The number of methoxy groups -OCH3 is 2. The van der Waals surface area contributed by atoms with Crippen molar-refractivity contribution in [3.05, 3.63) is 23.8 Å². The summed E-state index contributed by atoms with van der Waals surface area (Å²) in [6.45, 7) is 0. The van der Waals surface area contributed by atoms with E-state index in [4.69, 9.17) is 9.47 Å². The van der Waals surface area contributed by atoms with Crippen molar-refractivity contribution < 1.29 is 22.6 Å². The summed E-state index contributed by atoms with van der Waals surface area (Å²) in [6.07, 6.45) is -4.38. The van der Waals surface area contributed by atoms with E-state index in [1.807, 2.05) is 0 Å². The second-order valence-corrected chi connectivity index (χ2v) is 3.93. The topological polar surface area (TPSA) is 18.5 Å². The quantitative estimate of drug-likeness (QED) is 0.792. The van der Waals surface area contributed by atoms with Gasteiger partial charge in [-0.25, -0.2) is 0 Å². The maximum absolute atomic E-state index is 12.5. The van der Waals surface area contributed by atoms with Crippen molar-refractivity contribution in [1.29, 1.82) is 0 Å². The number of hydrogen-bond acceptors (Lipinski definition) is 2. The molecule has 0 aliphatic rings. The summed E-state index contributed by atoms with van der Waals surface area (Å²) < 4.78 is 47.4. The fraction of sp³-hybridized carbons (Fsp3) is 0.400. The van der Waals surface area contributed by atoms with Crippen LogP contribution in [0.3, 0.4) is 0 Å². The van der Waals surface area contributed by atoms with Gasteiger partial charge in [0.25, 0.3) is 0 Å². The molecule has 0 saturated heterocycles. The molecule has 0 spiro atoms. The van der Waals surface area contributed by atoms with Crippen molar-refractivity contribution in [2.45, 2.75) is 11.0 Å². The van der Waals surface area contributed by atoms with Crippen LogP contribution in [-0.2, 0) is 0 Å². The molecular weight excluding hydrogens is 289 g/mol. The summed E-state index contributed by atoms with van der Waals surface area (Å²) in [7, 11) is 2.71. The van der Waals surface area contributed by atoms with Crippen molar-refractivity contribution in [2.75, 3.05) is 14.2 Å². The van der Waals surface area contributed by atoms with Gasteiger partial charge in [0.05, 0.1) is 14.2 Å². The molecule has 16 heavy (non-hydrogen) atoms. The number of rotatable bonds is 3. The average molecular weight is 299 g/mol. The van der Waals surface area contributed by atoms with E-state index in [0.717, 1.165) is 0 Å². The first-order chi connectivity index (χ1) is 7.40. The van der Waals surface area contributed by atoms with Crippen molar-refractivity contribution in [3.63, 3.8) is 0 Å². The highest BCUT2D eigenvalue weighted by Crippen LogP contribution is 2.44. The summed E-state index contributed by atoms with van der Waals surface area (Å²) in [5, 5.41) is 0. The lowest BCUT2D eigenvalue weighted by atomic mass is 10.1. The van der Waals surface area contributed by atoms with Gasteiger partial charge < -0.3 is 9.47 Å². The SMILES string of the molecule is COc1ccc(OC)c(C(Br)C(F)(F)F)c1. The van der Waals surface area contributed by atoms with Crippen LogP contribution in [-0.4, -0.2) is 20.4 Å². The third-order valence-corrected chi connectivity index (χ3v) is 3.01. The van der Waals surface area contributed by atoms with Gasteiger partial charge in [-0.05, 0) is 18.2 Å².